The van der Waals surface area contributed by atoms with E-state index in [9.17, 15) is 4.79 Å². The van der Waals surface area contributed by atoms with E-state index in [1.165, 1.54) is 0 Å². The van der Waals surface area contributed by atoms with Crippen LogP contribution in [0.1, 0.15) is 33.6 Å². The first-order valence-electron chi connectivity index (χ1n) is 4.58. The highest BCUT2D eigenvalue weighted by molar-refractivity contribution is 6.41. The van der Waals surface area contributed by atoms with Crippen LogP contribution >= 0.6 is 0 Å². The molecule has 0 rings (SSSR count). The molecular weight excluding hydrogens is 166 g/mol. The van der Waals surface area contributed by atoms with Crippen LogP contribution in [0.3, 0.4) is 0 Å². The molecule has 0 atom stereocenters. The molecule has 0 aliphatic heterocycles. The van der Waals surface area contributed by atoms with Gasteiger partial charge in [-0.15, -0.1) is 0 Å². The number of allylic oxidation sites excluding steroid dienone is 1. The molecule has 0 bridgehead atoms. The molecule has 3 heteroatoms. The second kappa shape index (κ2) is 6.40. The summed E-state index contributed by atoms with van der Waals surface area (Å²) in [6.07, 6.45) is 3.48. The zero-order valence-corrected chi connectivity index (χ0v) is 8.52. The van der Waals surface area contributed by atoms with Crippen LogP contribution in [0.2, 0.25) is 0 Å². The summed E-state index contributed by atoms with van der Waals surface area (Å²) in [5, 5.41) is 7.52. The standard InChI is InChI=1S/C10H17NO2/c1-4-7-8(5-2)9(11)10(12)13-6-3/h5,11H,4,6-7H2,1-3H3/b8-5-,11-9?. The van der Waals surface area contributed by atoms with Gasteiger partial charge in [0.1, 0.15) is 5.71 Å². The van der Waals surface area contributed by atoms with Crippen LogP contribution in [0.15, 0.2) is 11.6 Å². The summed E-state index contributed by atoms with van der Waals surface area (Å²) < 4.78 is 4.73. The van der Waals surface area contributed by atoms with E-state index in [0.29, 0.717) is 6.61 Å². The van der Waals surface area contributed by atoms with Gasteiger partial charge in [-0.25, -0.2) is 4.79 Å². The predicted molar refractivity (Wildman–Crippen MR) is 53.0 cm³/mol. The topological polar surface area (TPSA) is 50.2 Å². The quantitative estimate of drug-likeness (QED) is 0.525. The minimum atomic E-state index is -0.524. The molecule has 0 aromatic carbocycles. The third-order valence-corrected chi connectivity index (χ3v) is 1.67. The summed E-state index contributed by atoms with van der Waals surface area (Å²) >= 11 is 0. The van der Waals surface area contributed by atoms with E-state index in [1.54, 1.807) is 13.0 Å². The Morgan fingerprint density at radius 1 is 1.46 bits per heavy atom. The fourth-order valence-electron chi connectivity index (χ4n) is 1.02. The van der Waals surface area contributed by atoms with E-state index in [1.807, 2.05) is 13.8 Å². The summed E-state index contributed by atoms with van der Waals surface area (Å²) in [5.41, 5.74) is 0.757. The molecule has 0 aliphatic carbocycles. The van der Waals surface area contributed by atoms with Crippen molar-refractivity contribution in [1.82, 2.24) is 0 Å². The van der Waals surface area contributed by atoms with Gasteiger partial charge in [-0.1, -0.05) is 19.4 Å². The second-order valence-corrected chi connectivity index (χ2v) is 2.66. The van der Waals surface area contributed by atoms with E-state index >= 15 is 0 Å². The van der Waals surface area contributed by atoms with Crippen LogP contribution in [0.4, 0.5) is 0 Å². The Morgan fingerprint density at radius 2 is 2.08 bits per heavy atom. The van der Waals surface area contributed by atoms with Crippen LogP contribution in [-0.4, -0.2) is 18.3 Å². The fraction of sp³-hybridized carbons (Fsp3) is 0.600. The van der Waals surface area contributed by atoms with Gasteiger partial charge in [0.25, 0.3) is 0 Å². The zero-order chi connectivity index (χ0) is 10.3. The van der Waals surface area contributed by atoms with Crippen molar-refractivity contribution in [3.8, 4) is 0 Å². The molecule has 13 heavy (non-hydrogen) atoms. The van der Waals surface area contributed by atoms with Crippen molar-refractivity contribution in [2.24, 2.45) is 0 Å². The molecule has 0 amide bonds. The lowest BCUT2D eigenvalue weighted by Crippen LogP contribution is -2.18. The highest BCUT2D eigenvalue weighted by atomic mass is 16.5. The number of esters is 1. The van der Waals surface area contributed by atoms with Gasteiger partial charge in [-0.05, 0) is 25.8 Å². The summed E-state index contributed by atoms with van der Waals surface area (Å²) in [5.74, 6) is -0.524. The molecule has 0 spiro atoms. The van der Waals surface area contributed by atoms with E-state index in [2.05, 4.69) is 0 Å². The molecule has 0 unspecified atom stereocenters. The highest BCUT2D eigenvalue weighted by Crippen LogP contribution is 2.07. The minimum absolute atomic E-state index is 0.00815. The second-order valence-electron chi connectivity index (χ2n) is 2.66. The van der Waals surface area contributed by atoms with Gasteiger partial charge in [0, 0.05) is 0 Å². The Kier molecular flexibility index (Phi) is 5.85. The van der Waals surface area contributed by atoms with Gasteiger partial charge in [0.05, 0.1) is 6.61 Å². The fourth-order valence-corrected chi connectivity index (χ4v) is 1.02. The van der Waals surface area contributed by atoms with Gasteiger partial charge in [-0.2, -0.15) is 0 Å². The normalized spacial score (nSPS) is 11.2. The first kappa shape index (κ1) is 11.9. The Morgan fingerprint density at radius 3 is 2.46 bits per heavy atom. The average molecular weight is 183 g/mol. The number of hydrogen-bond acceptors (Lipinski definition) is 3. The number of carbonyl (C=O) groups excluding carboxylic acids is 1. The summed E-state index contributed by atoms with van der Waals surface area (Å²) in [6, 6.07) is 0. The Balaban J connectivity index is 4.30. The van der Waals surface area contributed by atoms with Crippen LogP contribution in [0.5, 0.6) is 0 Å². The summed E-state index contributed by atoms with van der Waals surface area (Å²) in [7, 11) is 0. The number of ether oxygens (including phenoxy) is 1. The number of carbonyl (C=O) groups is 1. The SMILES string of the molecule is C/C=C(/CCC)C(=N)C(=O)OCC. The molecule has 1 N–H and O–H groups in total. The zero-order valence-electron chi connectivity index (χ0n) is 8.52. The minimum Gasteiger partial charge on any atom is -0.461 e. The number of hydrogen-bond donors (Lipinski definition) is 1. The molecule has 0 fully saturated rings. The maximum atomic E-state index is 11.1. The monoisotopic (exact) mass is 183 g/mol. The van der Waals surface area contributed by atoms with Crippen molar-refractivity contribution < 1.29 is 9.53 Å². The third kappa shape index (κ3) is 3.87. The number of rotatable bonds is 5. The lowest BCUT2D eigenvalue weighted by Gasteiger charge is -2.06. The smallest absolute Gasteiger partial charge is 0.356 e. The van der Waals surface area contributed by atoms with Crippen molar-refractivity contribution in [2.45, 2.75) is 33.6 Å². The Labute approximate surface area is 79.3 Å². The molecule has 3 nitrogen and oxygen atoms in total. The Bertz CT molecular complexity index is 219. The molecule has 74 valence electrons. The molecule has 0 aromatic rings. The van der Waals surface area contributed by atoms with Crippen LogP contribution in [0.25, 0.3) is 0 Å². The molecule has 0 saturated heterocycles. The molecule has 0 radical (unpaired) electrons. The van der Waals surface area contributed by atoms with Crippen LogP contribution < -0.4 is 0 Å². The first-order chi connectivity index (χ1) is 6.17. The van der Waals surface area contributed by atoms with Gasteiger partial charge in [0.2, 0.25) is 0 Å². The van der Waals surface area contributed by atoms with Crippen molar-refractivity contribution in [3.05, 3.63) is 11.6 Å². The largest absolute Gasteiger partial charge is 0.461 e. The van der Waals surface area contributed by atoms with E-state index in [4.69, 9.17) is 10.1 Å². The van der Waals surface area contributed by atoms with Crippen molar-refractivity contribution in [2.75, 3.05) is 6.61 Å². The average Bonchev–Trinajstić information content (AvgIpc) is 2.13. The molecule has 0 saturated carbocycles. The van der Waals surface area contributed by atoms with Crippen molar-refractivity contribution in [1.29, 1.82) is 5.41 Å². The summed E-state index contributed by atoms with van der Waals surface area (Å²) in [6.45, 7) is 5.91. The summed E-state index contributed by atoms with van der Waals surface area (Å²) in [4.78, 5) is 11.1. The molecule has 0 aromatic heterocycles. The van der Waals surface area contributed by atoms with E-state index in [0.717, 1.165) is 18.4 Å². The van der Waals surface area contributed by atoms with Gasteiger partial charge in [-0.3, -0.25) is 5.41 Å². The van der Waals surface area contributed by atoms with Gasteiger partial charge < -0.3 is 4.74 Å². The molecular formula is C10H17NO2. The molecule has 0 heterocycles. The maximum absolute atomic E-state index is 11.1. The predicted octanol–water partition coefficient (Wildman–Crippen LogP) is 2.32. The lowest BCUT2D eigenvalue weighted by atomic mass is 10.1. The van der Waals surface area contributed by atoms with E-state index in [-0.39, 0.29) is 5.71 Å². The van der Waals surface area contributed by atoms with Gasteiger partial charge in [0.15, 0.2) is 0 Å². The lowest BCUT2D eigenvalue weighted by molar-refractivity contribution is -0.135. The Hall–Kier alpha value is -1.12. The molecule has 0 aliphatic rings. The highest BCUT2D eigenvalue weighted by Gasteiger charge is 2.13. The first-order valence-corrected chi connectivity index (χ1v) is 4.58. The van der Waals surface area contributed by atoms with Crippen LogP contribution in [0, 0.1) is 5.41 Å². The maximum Gasteiger partial charge on any atom is 0.356 e. The van der Waals surface area contributed by atoms with Crippen molar-refractivity contribution in [3.63, 3.8) is 0 Å². The van der Waals surface area contributed by atoms with Crippen molar-refractivity contribution >= 4 is 11.7 Å². The van der Waals surface area contributed by atoms with Crippen LogP contribution in [-0.2, 0) is 9.53 Å². The van der Waals surface area contributed by atoms with Gasteiger partial charge >= 0.3 is 5.97 Å². The van der Waals surface area contributed by atoms with E-state index < -0.39 is 5.97 Å². The number of nitrogens with one attached hydrogen (secondary N) is 1. The third-order valence-electron chi connectivity index (χ3n) is 1.67.